The van der Waals surface area contributed by atoms with Gasteiger partial charge in [-0.05, 0) is 12.1 Å². The summed E-state index contributed by atoms with van der Waals surface area (Å²) in [4.78, 5) is 12.1. The molecule has 0 bridgehead atoms. The van der Waals surface area contributed by atoms with Crippen molar-refractivity contribution in [3.8, 4) is 11.5 Å². The Hall–Kier alpha value is -2.28. The number of methoxy groups -OCH3 is 2. The summed E-state index contributed by atoms with van der Waals surface area (Å²) < 4.78 is 11.9. The second-order valence-corrected chi connectivity index (χ2v) is 5.44. The third-order valence-corrected chi connectivity index (χ3v) is 4.22. The summed E-state index contributed by atoms with van der Waals surface area (Å²) in [6, 6.07) is 5.54. The van der Waals surface area contributed by atoms with Crippen LogP contribution in [0, 0.1) is 0 Å². The van der Waals surface area contributed by atoms with Crippen molar-refractivity contribution in [3.05, 3.63) is 36.2 Å². The monoisotopic (exact) mass is 303 g/mol. The van der Waals surface area contributed by atoms with Gasteiger partial charge in [0, 0.05) is 11.6 Å². The van der Waals surface area contributed by atoms with Crippen LogP contribution in [0.2, 0.25) is 0 Å². The Balaban J connectivity index is 1.81. The highest BCUT2D eigenvalue weighted by atomic mass is 32.2. The number of hydrogen-bond acceptors (Lipinski definition) is 6. The van der Waals surface area contributed by atoms with Crippen LogP contribution in [0.5, 0.6) is 11.5 Å². The van der Waals surface area contributed by atoms with E-state index in [1.807, 2.05) is 24.3 Å². The molecule has 0 amide bonds. The number of aromatic nitrogens is 3. The maximum atomic E-state index is 12.1. The van der Waals surface area contributed by atoms with Crippen LogP contribution >= 0.6 is 11.8 Å². The Bertz CT molecular complexity index is 711. The molecule has 0 N–H and O–H groups in total. The van der Waals surface area contributed by atoms with E-state index in [1.54, 1.807) is 20.3 Å². The van der Waals surface area contributed by atoms with Crippen LogP contribution in [0.25, 0.3) is 6.08 Å². The lowest BCUT2D eigenvalue weighted by Gasteiger charge is -2.07. The Morgan fingerprint density at radius 3 is 2.90 bits per heavy atom. The van der Waals surface area contributed by atoms with E-state index in [-0.39, 0.29) is 11.2 Å². The average molecular weight is 303 g/mol. The van der Waals surface area contributed by atoms with Crippen LogP contribution < -0.4 is 9.47 Å². The first-order valence-corrected chi connectivity index (χ1v) is 7.12. The van der Waals surface area contributed by atoms with E-state index in [2.05, 4.69) is 10.2 Å². The molecule has 1 aromatic heterocycles. The SMILES string of the molecule is COc1ccc(/C=C\C2Sc3nncn3C2=O)c(OC)c1. The predicted molar refractivity (Wildman–Crippen MR) is 78.9 cm³/mol. The van der Waals surface area contributed by atoms with E-state index < -0.39 is 0 Å². The van der Waals surface area contributed by atoms with Crippen LogP contribution in [-0.2, 0) is 0 Å². The van der Waals surface area contributed by atoms with E-state index >= 15 is 0 Å². The Morgan fingerprint density at radius 2 is 2.19 bits per heavy atom. The van der Waals surface area contributed by atoms with Crippen molar-refractivity contribution >= 4 is 23.7 Å². The number of nitrogens with zero attached hydrogens (tertiary/aromatic N) is 3. The molecule has 1 aromatic carbocycles. The highest BCUT2D eigenvalue weighted by Crippen LogP contribution is 2.32. The number of hydrogen-bond donors (Lipinski definition) is 0. The zero-order valence-electron chi connectivity index (χ0n) is 11.5. The summed E-state index contributed by atoms with van der Waals surface area (Å²) in [5.74, 6) is 1.38. The minimum Gasteiger partial charge on any atom is -0.497 e. The maximum absolute atomic E-state index is 12.1. The highest BCUT2D eigenvalue weighted by molar-refractivity contribution is 8.01. The van der Waals surface area contributed by atoms with Crippen molar-refractivity contribution in [2.75, 3.05) is 14.2 Å². The molecule has 7 heteroatoms. The van der Waals surface area contributed by atoms with Crippen molar-refractivity contribution in [3.63, 3.8) is 0 Å². The molecular formula is C14H13N3O3S. The van der Waals surface area contributed by atoms with E-state index in [1.165, 1.54) is 22.7 Å². The van der Waals surface area contributed by atoms with Crippen molar-refractivity contribution in [2.45, 2.75) is 10.4 Å². The number of carbonyl (C=O) groups is 1. The fraction of sp³-hybridized carbons (Fsp3) is 0.214. The topological polar surface area (TPSA) is 66.2 Å². The van der Waals surface area contributed by atoms with E-state index in [9.17, 15) is 4.79 Å². The third-order valence-electron chi connectivity index (χ3n) is 3.12. The quantitative estimate of drug-likeness (QED) is 0.862. The lowest BCUT2D eigenvalue weighted by molar-refractivity contribution is 0.0921. The fourth-order valence-corrected chi connectivity index (χ4v) is 2.97. The molecular weight excluding hydrogens is 290 g/mol. The zero-order chi connectivity index (χ0) is 14.8. The van der Waals surface area contributed by atoms with Gasteiger partial charge in [0.2, 0.25) is 0 Å². The molecule has 3 rings (SSSR count). The predicted octanol–water partition coefficient (Wildman–Crippen LogP) is 2.12. The smallest absolute Gasteiger partial charge is 0.251 e. The minimum atomic E-state index is -0.290. The van der Waals surface area contributed by atoms with Crippen LogP contribution in [-0.4, -0.2) is 40.1 Å². The molecule has 1 unspecified atom stereocenters. The number of thioether (sulfide) groups is 1. The van der Waals surface area contributed by atoms with Crippen LogP contribution in [0.15, 0.2) is 35.8 Å². The Morgan fingerprint density at radius 1 is 1.33 bits per heavy atom. The number of carbonyl (C=O) groups excluding carboxylic acids is 1. The molecule has 108 valence electrons. The third kappa shape index (κ3) is 2.52. The summed E-state index contributed by atoms with van der Waals surface area (Å²) in [7, 11) is 3.20. The van der Waals surface area contributed by atoms with E-state index in [0.29, 0.717) is 10.9 Å². The molecule has 2 aromatic rings. The normalized spacial score (nSPS) is 17.2. The van der Waals surface area contributed by atoms with Gasteiger partial charge in [-0.3, -0.25) is 4.79 Å². The molecule has 0 saturated carbocycles. The molecule has 21 heavy (non-hydrogen) atoms. The maximum Gasteiger partial charge on any atom is 0.251 e. The van der Waals surface area contributed by atoms with Gasteiger partial charge in [-0.2, -0.15) is 0 Å². The van der Waals surface area contributed by atoms with Crippen molar-refractivity contribution in [1.82, 2.24) is 14.8 Å². The van der Waals surface area contributed by atoms with E-state index in [0.717, 1.165) is 11.3 Å². The first kappa shape index (κ1) is 13.7. The Labute approximate surface area is 125 Å². The van der Waals surface area contributed by atoms with E-state index in [4.69, 9.17) is 9.47 Å². The summed E-state index contributed by atoms with van der Waals surface area (Å²) in [5, 5.41) is 7.93. The van der Waals surface area contributed by atoms with Crippen LogP contribution in [0.4, 0.5) is 0 Å². The van der Waals surface area contributed by atoms with Gasteiger partial charge >= 0.3 is 0 Å². The minimum absolute atomic E-state index is 0.0382. The largest absolute Gasteiger partial charge is 0.497 e. The first-order chi connectivity index (χ1) is 10.2. The lowest BCUT2D eigenvalue weighted by atomic mass is 10.1. The van der Waals surface area contributed by atoms with Gasteiger partial charge in [0.05, 0.1) is 14.2 Å². The zero-order valence-corrected chi connectivity index (χ0v) is 12.3. The van der Waals surface area contributed by atoms with Crippen molar-refractivity contribution < 1.29 is 14.3 Å². The Kier molecular flexibility index (Phi) is 3.66. The molecule has 0 radical (unpaired) electrons. The van der Waals surface area contributed by atoms with Crippen LogP contribution in [0.1, 0.15) is 10.4 Å². The lowest BCUT2D eigenvalue weighted by Crippen LogP contribution is -2.14. The second-order valence-electron chi connectivity index (χ2n) is 4.33. The van der Waals surface area contributed by atoms with Gasteiger partial charge in [-0.15, -0.1) is 10.2 Å². The number of benzene rings is 1. The summed E-state index contributed by atoms with van der Waals surface area (Å²) in [6.07, 6.45) is 5.15. The molecule has 0 spiro atoms. The van der Waals surface area contributed by atoms with Gasteiger partial charge in [0.1, 0.15) is 23.1 Å². The number of rotatable bonds is 4. The fourth-order valence-electron chi connectivity index (χ4n) is 2.03. The van der Waals surface area contributed by atoms with Gasteiger partial charge in [-0.25, -0.2) is 4.57 Å². The molecule has 1 aliphatic rings. The highest BCUT2D eigenvalue weighted by Gasteiger charge is 2.30. The second kappa shape index (κ2) is 5.61. The van der Waals surface area contributed by atoms with Gasteiger partial charge in [0.15, 0.2) is 5.16 Å². The summed E-state index contributed by atoms with van der Waals surface area (Å²) in [5.41, 5.74) is 0.884. The van der Waals surface area contributed by atoms with Gasteiger partial charge < -0.3 is 9.47 Å². The van der Waals surface area contributed by atoms with Gasteiger partial charge in [-0.1, -0.05) is 23.9 Å². The standard InChI is InChI=1S/C14H13N3O3S/c1-19-10-5-3-9(11(7-10)20-2)4-6-12-13(18)17-8-15-16-14(17)21-12/h3-8,12H,1-2H3/b6-4-. The number of fused-ring (bicyclic) bond motifs is 1. The average Bonchev–Trinajstić information content (AvgIpc) is 3.08. The molecule has 0 saturated heterocycles. The first-order valence-electron chi connectivity index (χ1n) is 6.24. The van der Waals surface area contributed by atoms with Crippen molar-refractivity contribution in [2.24, 2.45) is 0 Å². The number of ether oxygens (including phenoxy) is 2. The van der Waals surface area contributed by atoms with Gasteiger partial charge in [0.25, 0.3) is 5.91 Å². The molecule has 6 nitrogen and oxygen atoms in total. The molecule has 1 aliphatic heterocycles. The summed E-state index contributed by atoms with van der Waals surface area (Å²) >= 11 is 1.38. The molecule has 0 aliphatic carbocycles. The van der Waals surface area contributed by atoms with Crippen LogP contribution in [0.3, 0.4) is 0 Å². The summed E-state index contributed by atoms with van der Waals surface area (Å²) in [6.45, 7) is 0. The molecule has 2 heterocycles. The molecule has 1 atom stereocenters. The van der Waals surface area contributed by atoms with Crippen molar-refractivity contribution in [1.29, 1.82) is 0 Å². The molecule has 0 fully saturated rings.